The van der Waals surface area contributed by atoms with Crippen LogP contribution in [0.25, 0.3) is 0 Å². The SMILES string of the molecule is CC(C)NCc1ccc(N(C)C2CCCN(C)C2)c(F)c1. The minimum absolute atomic E-state index is 0.117. The van der Waals surface area contributed by atoms with Crippen LogP contribution in [0.4, 0.5) is 10.1 Å². The molecule has 1 saturated heterocycles. The first-order chi connectivity index (χ1) is 9.97. The molecule has 0 saturated carbocycles. The van der Waals surface area contributed by atoms with Crippen LogP contribution in [0.2, 0.25) is 0 Å². The van der Waals surface area contributed by atoms with Gasteiger partial charge < -0.3 is 15.1 Å². The summed E-state index contributed by atoms with van der Waals surface area (Å²) in [5.74, 6) is -0.117. The van der Waals surface area contributed by atoms with Crippen LogP contribution in [0.15, 0.2) is 18.2 Å². The molecular formula is C17H28FN3. The monoisotopic (exact) mass is 293 g/mol. The molecule has 1 aromatic carbocycles. The summed E-state index contributed by atoms with van der Waals surface area (Å²) in [5.41, 5.74) is 1.71. The lowest BCUT2D eigenvalue weighted by atomic mass is 10.0. The van der Waals surface area contributed by atoms with Gasteiger partial charge in [-0.05, 0) is 44.1 Å². The maximum atomic E-state index is 14.4. The highest BCUT2D eigenvalue weighted by Gasteiger charge is 2.23. The van der Waals surface area contributed by atoms with Gasteiger partial charge in [0.2, 0.25) is 0 Å². The van der Waals surface area contributed by atoms with E-state index in [1.54, 1.807) is 6.07 Å². The van der Waals surface area contributed by atoms with Crippen LogP contribution in [0.1, 0.15) is 32.3 Å². The number of rotatable bonds is 5. The number of nitrogens with one attached hydrogen (secondary N) is 1. The fourth-order valence-electron chi connectivity index (χ4n) is 2.92. The van der Waals surface area contributed by atoms with Crippen LogP contribution in [0, 0.1) is 5.82 Å². The summed E-state index contributed by atoms with van der Waals surface area (Å²) in [4.78, 5) is 4.42. The zero-order valence-corrected chi connectivity index (χ0v) is 13.7. The summed E-state index contributed by atoms with van der Waals surface area (Å²) in [5, 5.41) is 3.32. The van der Waals surface area contributed by atoms with Gasteiger partial charge in [-0.15, -0.1) is 0 Å². The third kappa shape index (κ3) is 4.42. The average molecular weight is 293 g/mol. The second kappa shape index (κ2) is 7.23. The molecule has 2 rings (SSSR count). The molecule has 4 heteroatoms. The molecule has 118 valence electrons. The topological polar surface area (TPSA) is 18.5 Å². The highest BCUT2D eigenvalue weighted by Crippen LogP contribution is 2.24. The van der Waals surface area contributed by atoms with E-state index >= 15 is 0 Å². The number of halogens is 1. The predicted molar refractivity (Wildman–Crippen MR) is 87.3 cm³/mol. The minimum atomic E-state index is -0.117. The van der Waals surface area contributed by atoms with Crippen molar-refractivity contribution in [1.82, 2.24) is 10.2 Å². The molecule has 1 aliphatic rings. The summed E-state index contributed by atoms with van der Waals surface area (Å²) >= 11 is 0. The van der Waals surface area contributed by atoms with Gasteiger partial charge in [-0.2, -0.15) is 0 Å². The Balaban J connectivity index is 2.05. The van der Waals surface area contributed by atoms with Crippen LogP contribution in [0.5, 0.6) is 0 Å². The van der Waals surface area contributed by atoms with E-state index in [1.807, 2.05) is 19.2 Å². The van der Waals surface area contributed by atoms with E-state index in [4.69, 9.17) is 0 Å². The standard InChI is InChI=1S/C17H28FN3/c1-13(2)19-11-14-7-8-17(16(18)10-14)21(4)15-6-5-9-20(3)12-15/h7-8,10,13,15,19H,5-6,9,11-12H2,1-4H3. The lowest BCUT2D eigenvalue weighted by Gasteiger charge is -2.37. The van der Waals surface area contributed by atoms with Crippen LogP contribution < -0.4 is 10.2 Å². The third-order valence-corrected chi connectivity index (χ3v) is 4.25. The van der Waals surface area contributed by atoms with Gasteiger partial charge in [0.25, 0.3) is 0 Å². The van der Waals surface area contributed by atoms with Crippen molar-refractivity contribution in [3.63, 3.8) is 0 Å². The molecule has 21 heavy (non-hydrogen) atoms. The van der Waals surface area contributed by atoms with Crippen LogP contribution in [-0.4, -0.2) is 44.2 Å². The summed E-state index contributed by atoms with van der Waals surface area (Å²) < 4.78 is 14.4. The largest absolute Gasteiger partial charge is 0.368 e. The molecule has 1 heterocycles. The smallest absolute Gasteiger partial charge is 0.146 e. The third-order valence-electron chi connectivity index (χ3n) is 4.25. The number of hydrogen-bond donors (Lipinski definition) is 1. The molecule has 0 aliphatic carbocycles. The zero-order chi connectivity index (χ0) is 15.4. The second-order valence-corrected chi connectivity index (χ2v) is 6.49. The zero-order valence-electron chi connectivity index (χ0n) is 13.7. The van der Waals surface area contributed by atoms with E-state index in [0.717, 1.165) is 25.1 Å². The minimum Gasteiger partial charge on any atom is -0.368 e. The van der Waals surface area contributed by atoms with Gasteiger partial charge in [0.15, 0.2) is 0 Å². The molecule has 0 spiro atoms. The lowest BCUT2D eigenvalue weighted by Crippen LogP contribution is -2.45. The van der Waals surface area contributed by atoms with Crippen molar-refractivity contribution in [2.24, 2.45) is 0 Å². The number of benzene rings is 1. The number of anilines is 1. The van der Waals surface area contributed by atoms with Crippen molar-refractivity contribution in [1.29, 1.82) is 0 Å². The van der Waals surface area contributed by atoms with Gasteiger partial charge in [0, 0.05) is 32.2 Å². The summed E-state index contributed by atoms with van der Waals surface area (Å²) in [6, 6.07) is 6.41. The quantitative estimate of drug-likeness (QED) is 0.900. The Morgan fingerprint density at radius 1 is 1.43 bits per heavy atom. The van der Waals surface area contributed by atoms with Gasteiger partial charge in [0.05, 0.1) is 5.69 Å². The molecule has 1 N–H and O–H groups in total. The van der Waals surface area contributed by atoms with Gasteiger partial charge in [-0.3, -0.25) is 0 Å². The van der Waals surface area contributed by atoms with Crippen molar-refractivity contribution < 1.29 is 4.39 Å². The Morgan fingerprint density at radius 3 is 2.81 bits per heavy atom. The van der Waals surface area contributed by atoms with Crippen molar-refractivity contribution in [2.45, 2.75) is 45.3 Å². The fraction of sp³-hybridized carbons (Fsp3) is 0.647. The molecule has 0 amide bonds. The second-order valence-electron chi connectivity index (χ2n) is 6.49. The van der Waals surface area contributed by atoms with E-state index in [1.165, 1.54) is 6.42 Å². The number of likely N-dealkylation sites (N-methyl/N-ethyl adjacent to an activating group) is 2. The Labute approximate surface area is 128 Å². The Bertz CT molecular complexity index is 461. The molecule has 1 unspecified atom stereocenters. The molecule has 1 atom stereocenters. The first-order valence-electron chi connectivity index (χ1n) is 7.90. The molecule has 0 bridgehead atoms. The number of likely N-dealkylation sites (tertiary alicyclic amines) is 1. The van der Waals surface area contributed by atoms with Crippen LogP contribution in [0.3, 0.4) is 0 Å². The summed E-state index contributed by atoms with van der Waals surface area (Å²) in [7, 11) is 4.14. The van der Waals surface area contributed by atoms with E-state index in [2.05, 4.69) is 36.0 Å². The molecule has 1 aromatic rings. The Morgan fingerprint density at radius 2 is 2.19 bits per heavy atom. The van der Waals surface area contributed by atoms with Crippen LogP contribution >= 0.6 is 0 Å². The normalized spacial score (nSPS) is 20.0. The Kier molecular flexibility index (Phi) is 5.59. The summed E-state index contributed by atoms with van der Waals surface area (Å²) in [6.07, 6.45) is 2.32. The van der Waals surface area contributed by atoms with E-state index < -0.39 is 0 Å². The highest BCUT2D eigenvalue weighted by molar-refractivity contribution is 5.49. The maximum Gasteiger partial charge on any atom is 0.146 e. The number of nitrogens with zero attached hydrogens (tertiary/aromatic N) is 2. The molecule has 3 nitrogen and oxygen atoms in total. The molecule has 0 radical (unpaired) electrons. The summed E-state index contributed by atoms with van der Waals surface area (Å²) in [6.45, 7) is 7.06. The van der Waals surface area contributed by atoms with Gasteiger partial charge in [0.1, 0.15) is 5.82 Å². The van der Waals surface area contributed by atoms with Crippen molar-refractivity contribution >= 4 is 5.69 Å². The first kappa shape index (κ1) is 16.2. The number of hydrogen-bond acceptors (Lipinski definition) is 3. The van der Waals surface area contributed by atoms with Gasteiger partial charge >= 0.3 is 0 Å². The van der Waals surface area contributed by atoms with Gasteiger partial charge in [-0.1, -0.05) is 19.9 Å². The highest BCUT2D eigenvalue weighted by atomic mass is 19.1. The fourth-order valence-corrected chi connectivity index (χ4v) is 2.92. The predicted octanol–water partition coefficient (Wildman–Crippen LogP) is 2.85. The van der Waals surface area contributed by atoms with Crippen molar-refractivity contribution in [3.8, 4) is 0 Å². The van der Waals surface area contributed by atoms with E-state index in [9.17, 15) is 4.39 Å². The van der Waals surface area contributed by atoms with Crippen LogP contribution in [-0.2, 0) is 6.54 Å². The Hall–Kier alpha value is -1.13. The maximum absolute atomic E-state index is 14.4. The van der Waals surface area contributed by atoms with E-state index in [-0.39, 0.29) is 5.82 Å². The lowest BCUT2D eigenvalue weighted by molar-refractivity contribution is 0.247. The van der Waals surface area contributed by atoms with Crippen molar-refractivity contribution in [2.75, 3.05) is 32.1 Å². The van der Waals surface area contributed by atoms with Crippen molar-refractivity contribution in [3.05, 3.63) is 29.6 Å². The average Bonchev–Trinajstić information content (AvgIpc) is 2.44. The van der Waals surface area contributed by atoms with E-state index in [0.29, 0.717) is 24.3 Å². The molecule has 0 aromatic heterocycles. The molecule has 1 fully saturated rings. The molecular weight excluding hydrogens is 265 g/mol. The first-order valence-corrected chi connectivity index (χ1v) is 7.90. The molecule has 1 aliphatic heterocycles. The number of piperidine rings is 1. The van der Waals surface area contributed by atoms with Gasteiger partial charge in [-0.25, -0.2) is 4.39 Å².